The summed E-state index contributed by atoms with van der Waals surface area (Å²) in [6, 6.07) is 16.5. The van der Waals surface area contributed by atoms with Crippen molar-refractivity contribution in [3.8, 4) is 5.75 Å². The van der Waals surface area contributed by atoms with Gasteiger partial charge in [-0.25, -0.2) is 19.4 Å². The van der Waals surface area contributed by atoms with Gasteiger partial charge in [0.15, 0.2) is 6.23 Å². The third-order valence-electron chi connectivity index (χ3n) is 9.21. The molecule has 1 saturated carbocycles. The molecule has 2 atom stereocenters. The van der Waals surface area contributed by atoms with Crippen LogP contribution in [-0.4, -0.2) is 76.0 Å². The molecule has 8 heteroatoms. The van der Waals surface area contributed by atoms with Crippen LogP contribution in [-0.2, 0) is 4.79 Å². The van der Waals surface area contributed by atoms with E-state index in [-0.39, 0.29) is 11.9 Å². The Morgan fingerprint density at radius 2 is 1.56 bits per heavy atom. The van der Waals surface area contributed by atoms with Gasteiger partial charge in [0, 0.05) is 32.2 Å². The average Bonchev–Trinajstić information content (AvgIpc) is 3.84. The molecule has 2 heterocycles. The van der Waals surface area contributed by atoms with Crippen molar-refractivity contribution in [3.63, 3.8) is 0 Å². The highest BCUT2D eigenvalue weighted by atomic mass is 16.5. The first-order valence-electron chi connectivity index (χ1n) is 15.3. The fraction of sp³-hybridized carbons (Fsp3) is 0.545. The molecule has 2 aromatic rings. The maximum absolute atomic E-state index is 14.6. The highest BCUT2D eigenvalue weighted by Gasteiger charge is 2.64. The second kappa shape index (κ2) is 12.2. The van der Waals surface area contributed by atoms with E-state index in [4.69, 9.17) is 4.74 Å². The van der Waals surface area contributed by atoms with E-state index in [1.807, 2.05) is 75.4 Å². The Kier molecular flexibility index (Phi) is 8.68. The van der Waals surface area contributed by atoms with Crippen molar-refractivity contribution in [2.75, 3.05) is 26.2 Å². The van der Waals surface area contributed by atoms with Crippen molar-refractivity contribution < 1.29 is 19.1 Å². The maximum atomic E-state index is 14.6. The number of hydrogen-bond donors (Lipinski definition) is 0. The molecule has 2 aliphatic heterocycles. The largest absolute Gasteiger partial charge is 0.469 e. The first-order chi connectivity index (χ1) is 19.8. The number of β-lactam (4-membered cyclic amide) rings is 1. The number of carbonyl (C=O) groups is 3. The zero-order valence-corrected chi connectivity index (χ0v) is 24.9. The van der Waals surface area contributed by atoms with E-state index >= 15 is 0 Å². The summed E-state index contributed by atoms with van der Waals surface area (Å²) in [5, 5.41) is 0. The molecule has 3 aliphatic rings. The van der Waals surface area contributed by atoms with Crippen molar-refractivity contribution in [3.05, 3.63) is 65.7 Å². The highest BCUT2D eigenvalue weighted by Crippen LogP contribution is 2.47. The molecule has 1 aliphatic carbocycles. The minimum Gasteiger partial charge on any atom is -0.469 e. The van der Waals surface area contributed by atoms with E-state index < -0.39 is 23.7 Å². The van der Waals surface area contributed by atoms with E-state index in [0.717, 1.165) is 30.6 Å². The third kappa shape index (κ3) is 5.59. The van der Waals surface area contributed by atoms with Crippen LogP contribution in [0.25, 0.3) is 0 Å². The van der Waals surface area contributed by atoms with Crippen molar-refractivity contribution >= 4 is 18.0 Å². The lowest BCUT2D eigenvalue weighted by molar-refractivity contribution is -0.192. The van der Waals surface area contributed by atoms with Crippen LogP contribution in [0.5, 0.6) is 5.75 Å². The Hall–Kier alpha value is -3.39. The Morgan fingerprint density at radius 3 is 2.12 bits per heavy atom. The molecule has 0 spiro atoms. The predicted octanol–water partition coefficient (Wildman–Crippen LogP) is 6.21. The van der Waals surface area contributed by atoms with Gasteiger partial charge in [-0.15, -0.1) is 0 Å². The number of piperazine rings is 1. The van der Waals surface area contributed by atoms with Crippen molar-refractivity contribution in [1.82, 2.24) is 19.6 Å². The van der Waals surface area contributed by atoms with Gasteiger partial charge in [0.25, 0.3) is 0 Å². The molecular weight excluding hydrogens is 516 g/mol. The molecule has 0 N–H and O–H groups in total. The molecule has 220 valence electrons. The molecular formula is C33H44N4O4. The quantitative estimate of drug-likeness (QED) is 0.341. The zero-order valence-electron chi connectivity index (χ0n) is 24.9. The molecule has 8 nitrogen and oxygen atoms in total. The van der Waals surface area contributed by atoms with Crippen LogP contribution in [0.1, 0.15) is 76.5 Å². The van der Waals surface area contributed by atoms with Crippen molar-refractivity contribution in [1.29, 1.82) is 0 Å². The van der Waals surface area contributed by atoms with Gasteiger partial charge < -0.3 is 9.64 Å². The minimum atomic E-state index is -0.819. The summed E-state index contributed by atoms with van der Waals surface area (Å²) in [4.78, 5) is 49.5. The van der Waals surface area contributed by atoms with Gasteiger partial charge in [0.05, 0.1) is 6.04 Å². The van der Waals surface area contributed by atoms with Crippen LogP contribution >= 0.6 is 0 Å². The number of hydrogen-bond acceptors (Lipinski definition) is 5. The number of aryl methyl sites for hydroxylation is 1. The van der Waals surface area contributed by atoms with Gasteiger partial charge in [-0.1, -0.05) is 75.2 Å². The van der Waals surface area contributed by atoms with Crippen molar-refractivity contribution in [2.45, 2.75) is 84.5 Å². The smallest absolute Gasteiger partial charge is 0.338 e. The topological polar surface area (TPSA) is 73.4 Å². The fourth-order valence-corrected chi connectivity index (χ4v) is 6.36. The van der Waals surface area contributed by atoms with E-state index in [0.29, 0.717) is 44.1 Å². The Morgan fingerprint density at radius 1 is 0.927 bits per heavy atom. The summed E-state index contributed by atoms with van der Waals surface area (Å²) in [6.45, 7) is 10.7. The van der Waals surface area contributed by atoms with Crippen LogP contribution < -0.4 is 4.74 Å². The van der Waals surface area contributed by atoms with Gasteiger partial charge in [-0.05, 0) is 56.7 Å². The lowest BCUT2D eigenvalue weighted by Gasteiger charge is -2.54. The summed E-state index contributed by atoms with van der Waals surface area (Å²) in [7, 11) is 0. The lowest BCUT2D eigenvalue weighted by Crippen LogP contribution is -2.74. The number of para-hydroxylation sites is 1. The number of carbonyl (C=O) groups excluding carboxylic acids is 3. The van der Waals surface area contributed by atoms with E-state index in [2.05, 4.69) is 11.8 Å². The molecule has 5 rings (SSSR count). The SMILES string of the molecule is CCCC(c1ccc(C)cc1)N(C(=O)N1CCN(C2CC2)CC1)C(=O)N1C(=O)C(CC)(CC)C1Oc1ccccc1. The second-order valence-corrected chi connectivity index (χ2v) is 11.7. The normalized spacial score (nSPS) is 21.3. The Balaban J connectivity index is 1.49. The number of rotatable bonds is 9. The van der Waals surface area contributed by atoms with Gasteiger partial charge >= 0.3 is 12.1 Å². The molecule has 2 aromatic carbocycles. The van der Waals surface area contributed by atoms with Crippen LogP contribution in [0.4, 0.5) is 9.59 Å². The predicted molar refractivity (Wildman–Crippen MR) is 158 cm³/mol. The number of nitrogens with zero attached hydrogens (tertiary/aromatic N) is 4. The molecule has 5 amide bonds. The van der Waals surface area contributed by atoms with Gasteiger partial charge in [-0.3, -0.25) is 9.69 Å². The van der Waals surface area contributed by atoms with Crippen LogP contribution in [0.2, 0.25) is 0 Å². The lowest BCUT2D eigenvalue weighted by atomic mass is 9.72. The average molecular weight is 561 g/mol. The highest BCUT2D eigenvalue weighted by molar-refractivity contribution is 6.07. The molecule has 2 saturated heterocycles. The van der Waals surface area contributed by atoms with Crippen LogP contribution in [0.15, 0.2) is 54.6 Å². The first-order valence-corrected chi connectivity index (χ1v) is 15.3. The Labute approximate surface area is 244 Å². The summed E-state index contributed by atoms with van der Waals surface area (Å²) < 4.78 is 6.36. The monoisotopic (exact) mass is 560 g/mol. The summed E-state index contributed by atoms with van der Waals surface area (Å²) >= 11 is 0. The fourth-order valence-electron chi connectivity index (χ4n) is 6.36. The number of ether oxygens (including phenoxy) is 1. The zero-order chi connectivity index (χ0) is 29.1. The van der Waals surface area contributed by atoms with E-state index in [9.17, 15) is 14.4 Å². The summed E-state index contributed by atoms with van der Waals surface area (Å²) in [6.07, 6.45) is 4.11. The number of imide groups is 2. The van der Waals surface area contributed by atoms with Gasteiger partial charge in [0.2, 0.25) is 5.91 Å². The number of amides is 5. The van der Waals surface area contributed by atoms with E-state index in [1.165, 1.54) is 22.6 Å². The summed E-state index contributed by atoms with van der Waals surface area (Å²) in [5.41, 5.74) is 1.18. The maximum Gasteiger partial charge on any atom is 0.338 e. The molecule has 0 bridgehead atoms. The number of likely N-dealkylation sites (tertiary alicyclic amines) is 1. The standard InChI is InChI=1S/C33H44N4O4/c1-5-11-28(25-16-14-24(4)15-17-25)36(31(39)35-22-20-34(21-23-35)26-18-19-26)32(40)37-29(38)33(6-2,7-3)30(37)41-27-12-9-8-10-13-27/h8-10,12-17,26,28,30H,5-7,11,18-23H2,1-4H3. The Bertz CT molecular complexity index is 1220. The third-order valence-corrected chi connectivity index (χ3v) is 9.21. The molecule has 41 heavy (non-hydrogen) atoms. The second-order valence-electron chi connectivity index (χ2n) is 11.7. The first kappa shape index (κ1) is 29.1. The molecule has 2 unspecified atom stereocenters. The van der Waals surface area contributed by atoms with Crippen LogP contribution in [0.3, 0.4) is 0 Å². The van der Waals surface area contributed by atoms with Crippen molar-refractivity contribution in [2.24, 2.45) is 5.41 Å². The molecule has 0 aromatic heterocycles. The number of urea groups is 2. The summed E-state index contributed by atoms with van der Waals surface area (Å²) in [5.74, 6) is 0.315. The van der Waals surface area contributed by atoms with Gasteiger partial charge in [0.1, 0.15) is 11.2 Å². The molecule has 0 radical (unpaired) electrons. The minimum absolute atomic E-state index is 0.274. The number of benzene rings is 2. The van der Waals surface area contributed by atoms with E-state index in [1.54, 1.807) is 4.90 Å². The molecule has 3 fully saturated rings. The van der Waals surface area contributed by atoms with Crippen LogP contribution in [0, 0.1) is 12.3 Å². The van der Waals surface area contributed by atoms with Gasteiger partial charge in [-0.2, -0.15) is 0 Å².